The summed E-state index contributed by atoms with van der Waals surface area (Å²) in [4.78, 5) is 67.6. The Labute approximate surface area is 251 Å². The number of benzene rings is 1. The normalized spacial score (nSPS) is 19.6. The van der Waals surface area contributed by atoms with Crippen molar-refractivity contribution in [1.29, 1.82) is 0 Å². The average Bonchev–Trinajstić information content (AvgIpc) is 3.47. The molecule has 43 heavy (non-hydrogen) atoms. The topological polar surface area (TPSA) is 191 Å². The first kappa shape index (κ1) is 34.1. The first-order chi connectivity index (χ1) is 20.4. The minimum absolute atomic E-state index is 0.00353. The number of Topliss-reactive ketones (excluding diaryl/α,β-unsaturated/α-hetero) is 1. The summed E-state index contributed by atoms with van der Waals surface area (Å²) in [7, 11) is -1.63. The fourth-order valence-electron chi connectivity index (χ4n) is 5.44. The highest BCUT2D eigenvalue weighted by molar-refractivity contribution is 6.43. The van der Waals surface area contributed by atoms with E-state index >= 15 is 0 Å². The number of carboxylic acid groups (broad SMARTS) is 2. The van der Waals surface area contributed by atoms with Crippen molar-refractivity contribution in [2.45, 2.75) is 44.6 Å². The number of aliphatic carboxylic acids is 2. The molecule has 2 aliphatic rings. The zero-order valence-electron chi connectivity index (χ0n) is 24.6. The van der Waals surface area contributed by atoms with Crippen LogP contribution in [-0.4, -0.2) is 154 Å². The van der Waals surface area contributed by atoms with Gasteiger partial charge in [-0.15, -0.1) is 0 Å². The molecule has 2 saturated heterocycles. The van der Waals surface area contributed by atoms with Gasteiger partial charge >= 0.3 is 19.1 Å². The summed E-state index contributed by atoms with van der Waals surface area (Å²) >= 11 is 0. The molecule has 2 amide bonds. The molecule has 2 fully saturated rings. The van der Waals surface area contributed by atoms with E-state index < -0.39 is 36.9 Å². The van der Waals surface area contributed by atoms with Gasteiger partial charge in [0.05, 0.1) is 25.6 Å². The van der Waals surface area contributed by atoms with Crippen molar-refractivity contribution in [2.24, 2.45) is 0 Å². The van der Waals surface area contributed by atoms with E-state index in [4.69, 9.17) is 0 Å². The van der Waals surface area contributed by atoms with Crippen LogP contribution in [0.2, 0.25) is 0 Å². The Kier molecular flexibility index (Phi) is 13.1. The molecular formula is C28H42BN5O9. The number of carbonyl (C=O) groups is 5. The highest BCUT2D eigenvalue weighted by Crippen LogP contribution is 2.19. The van der Waals surface area contributed by atoms with Gasteiger partial charge in [0.1, 0.15) is 11.8 Å². The van der Waals surface area contributed by atoms with E-state index in [-0.39, 0.29) is 37.7 Å². The fourth-order valence-corrected chi connectivity index (χ4v) is 5.44. The Morgan fingerprint density at radius 2 is 1.35 bits per heavy atom. The lowest BCUT2D eigenvalue weighted by atomic mass is 9.78. The molecule has 0 bridgehead atoms. The monoisotopic (exact) mass is 603 g/mol. The highest BCUT2D eigenvalue weighted by Gasteiger charge is 2.38. The van der Waals surface area contributed by atoms with Crippen LogP contribution in [0.3, 0.4) is 0 Å². The number of likely N-dealkylation sites (tertiary alicyclic amines) is 1. The van der Waals surface area contributed by atoms with Gasteiger partial charge in [-0.05, 0) is 43.9 Å². The third kappa shape index (κ3) is 11.0. The molecule has 5 N–H and O–H groups in total. The summed E-state index contributed by atoms with van der Waals surface area (Å²) in [5, 5.41) is 40.1. The number of aryl methyl sites for hydroxylation is 1. The highest BCUT2D eigenvalue weighted by atomic mass is 16.4. The van der Waals surface area contributed by atoms with Crippen molar-refractivity contribution in [3.05, 3.63) is 35.4 Å². The lowest BCUT2D eigenvalue weighted by Crippen LogP contribution is -2.52. The molecule has 2 atom stereocenters. The predicted molar refractivity (Wildman–Crippen MR) is 156 cm³/mol. The van der Waals surface area contributed by atoms with Crippen LogP contribution >= 0.6 is 0 Å². The summed E-state index contributed by atoms with van der Waals surface area (Å²) in [5.41, 5.74) is 1.21. The van der Waals surface area contributed by atoms with Crippen molar-refractivity contribution < 1.29 is 44.2 Å². The number of nitrogens with one attached hydrogen (secondary N) is 1. The molecule has 0 aromatic heterocycles. The van der Waals surface area contributed by atoms with Crippen LogP contribution in [0.1, 0.15) is 42.1 Å². The molecule has 0 radical (unpaired) electrons. The van der Waals surface area contributed by atoms with Gasteiger partial charge < -0.3 is 30.5 Å². The van der Waals surface area contributed by atoms with Gasteiger partial charge in [-0.2, -0.15) is 0 Å². The van der Waals surface area contributed by atoms with Crippen molar-refractivity contribution >= 4 is 36.7 Å². The Morgan fingerprint density at radius 1 is 0.837 bits per heavy atom. The minimum Gasteiger partial charge on any atom is -0.480 e. The lowest BCUT2D eigenvalue weighted by Gasteiger charge is -2.27. The zero-order valence-corrected chi connectivity index (χ0v) is 24.6. The van der Waals surface area contributed by atoms with Crippen molar-refractivity contribution in [1.82, 2.24) is 24.9 Å². The van der Waals surface area contributed by atoms with Crippen molar-refractivity contribution in [2.75, 3.05) is 65.4 Å². The van der Waals surface area contributed by atoms with Gasteiger partial charge in [0.25, 0.3) is 5.91 Å². The number of carboxylic acids is 2. The first-order valence-electron chi connectivity index (χ1n) is 14.6. The maximum atomic E-state index is 12.8. The second kappa shape index (κ2) is 16.5. The van der Waals surface area contributed by atoms with Crippen LogP contribution in [0.15, 0.2) is 24.3 Å². The maximum absolute atomic E-state index is 12.8. The Bertz CT molecular complexity index is 1110. The Balaban J connectivity index is 1.49. The second-order valence-corrected chi connectivity index (χ2v) is 11.2. The van der Waals surface area contributed by atoms with E-state index in [9.17, 15) is 44.2 Å². The quantitative estimate of drug-likeness (QED) is 0.163. The van der Waals surface area contributed by atoms with Gasteiger partial charge in [-0.25, -0.2) is 0 Å². The van der Waals surface area contributed by atoms with Gasteiger partial charge in [-0.3, -0.25) is 38.7 Å². The van der Waals surface area contributed by atoms with E-state index in [1.54, 1.807) is 41.0 Å². The molecular weight excluding hydrogens is 561 g/mol. The summed E-state index contributed by atoms with van der Waals surface area (Å²) < 4.78 is 0. The maximum Gasteiger partial charge on any atom is 0.475 e. The fraction of sp³-hybridized carbons (Fsp3) is 0.607. The molecule has 3 rings (SSSR count). The molecule has 0 unspecified atom stereocenters. The summed E-state index contributed by atoms with van der Waals surface area (Å²) in [5.74, 6) is -3.42. The lowest BCUT2D eigenvalue weighted by molar-refractivity contribution is -0.140. The molecule has 2 aliphatic heterocycles. The number of hydrogen-bond acceptors (Lipinski definition) is 10. The molecule has 0 aliphatic carbocycles. The second-order valence-electron chi connectivity index (χ2n) is 11.2. The van der Waals surface area contributed by atoms with E-state index in [0.29, 0.717) is 70.6 Å². The van der Waals surface area contributed by atoms with Gasteiger partial charge in [0.2, 0.25) is 5.91 Å². The molecule has 2 heterocycles. The standard InChI is InChI=1S/C28H42BN5O9/c1-20(28(41)34-10-2-3-24(34)29(42)43)30-27(40)22-7-4-21(5-8-22)6-9-23(35)17-31-11-13-32(18-25(36)37)15-16-33(14-12-31)19-26(38)39/h4-5,7-8,20,24,42-43H,2-3,6,9-19H2,1H3,(H,30,40)(H,36,37)(H,38,39)/t20-,24+/m1/s1. The number of rotatable bonds is 13. The number of ketones is 1. The molecule has 14 nitrogen and oxygen atoms in total. The van der Waals surface area contributed by atoms with E-state index in [1.165, 1.54) is 4.90 Å². The van der Waals surface area contributed by atoms with Crippen LogP contribution in [0.25, 0.3) is 0 Å². The number of hydrogen-bond donors (Lipinski definition) is 5. The predicted octanol–water partition coefficient (Wildman–Crippen LogP) is -1.60. The van der Waals surface area contributed by atoms with Gasteiger partial charge in [-0.1, -0.05) is 12.1 Å². The third-order valence-electron chi connectivity index (χ3n) is 7.87. The van der Waals surface area contributed by atoms with Crippen molar-refractivity contribution in [3.8, 4) is 0 Å². The van der Waals surface area contributed by atoms with Gasteiger partial charge in [0, 0.05) is 57.8 Å². The average molecular weight is 603 g/mol. The van der Waals surface area contributed by atoms with Crippen LogP contribution in [0.4, 0.5) is 0 Å². The SMILES string of the molecule is C[C@@H](NC(=O)c1ccc(CCC(=O)CN2CCN(CC(=O)O)CCN(CC(=O)O)CC2)cc1)C(=O)N1CCC[C@H]1B(O)O. The Hall–Kier alpha value is -3.37. The van der Waals surface area contributed by atoms with Crippen LogP contribution in [0, 0.1) is 0 Å². The number of nitrogens with zero attached hydrogens (tertiary/aromatic N) is 4. The third-order valence-corrected chi connectivity index (χ3v) is 7.87. The molecule has 0 saturated carbocycles. The summed E-state index contributed by atoms with van der Waals surface area (Å²) in [6.45, 7) is 4.56. The number of amides is 2. The Morgan fingerprint density at radius 3 is 1.84 bits per heavy atom. The molecule has 236 valence electrons. The van der Waals surface area contributed by atoms with Crippen LogP contribution in [-0.2, 0) is 25.6 Å². The number of carbonyl (C=O) groups excluding carboxylic acids is 3. The molecule has 0 spiro atoms. The largest absolute Gasteiger partial charge is 0.480 e. The summed E-state index contributed by atoms with van der Waals surface area (Å²) in [6.07, 6.45) is 1.87. The van der Waals surface area contributed by atoms with E-state index in [1.807, 2.05) is 4.90 Å². The smallest absolute Gasteiger partial charge is 0.475 e. The summed E-state index contributed by atoms with van der Waals surface area (Å²) in [6, 6.07) is 5.91. The minimum atomic E-state index is -1.63. The van der Waals surface area contributed by atoms with E-state index in [0.717, 1.165) is 5.56 Å². The molecule has 1 aromatic rings. The van der Waals surface area contributed by atoms with Crippen molar-refractivity contribution in [3.63, 3.8) is 0 Å². The first-order valence-corrected chi connectivity index (χ1v) is 14.6. The van der Waals surface area contributed by atoms with E-state index in [2.05, 4.69) is 5.32 Å². The molecule has 15 heteroatoms. The van der Waals surface area contributed by atoms with Gasteiger partial charge in [0.15, 0.2) is 0 Å². The van der Waals surface area contributed by atoms with Crippen LogP contribution in [0.5, 0.6) is 0 Å². The van der Waals surface area contributed by atoms with Crippen LogP contribution < -0.4 is 5.32 Å². The zero-order chi connectivity index (χ0) is 31.5. The molecule has 1 aromatic carbocycles.